The molecular weight excluding hydrogens is 322 g/mol. The van der Waals surface area contributed by atoms with Crippen molar-refractivity contribution >= 4 is 15.7 Å². The third kappa shape index (κ3) is 4.88. The van der Waals surface area contributed by atoms with Crippen molar-refractivity contribution in [3.8, 4) is 5.75 Å². The SMILES string of the molecule is COc1ccc([N+](=O)[O-])cc1S(=O)(=O)NC(C)(CN)CC(C)C. The molecule has 23 heavy (non-hydrogen) atoms. The van der Waals surface area contributed by atoms with Gasteiger partial charge in [-0.2, -0.15) is 0 Å². The quantitative estimate of drug-likeness (QED) is 0.545. The van der Waals surface area contributed by atoms with Gasteiger partial charge in [0.2, 0.25) is 10.0 Å². The molecule has 0 aliphatic rings. The highest BCUT2D eigenvalue weighted by molar-refractivity contribution is 7.89. The summed E-state index contributed by atoms with van der Waals surface area (Å²) >= 11 is 0. The maximum atomic E-state index is 12.7. The molecule has 1 unspecified atom stereocenters. The molecular formula is C14H23N3O5S. The number of nitrogens with one attached hydrogen (secondary N) is 1. The number of nitro groups is 1. The van der Waals surface area contributed by atoms with Crippen molar-refractivity contribution in [2.75, 3.05) is 13.7 Å². The van der Waals surface area contributed by atoms with Gasteiger partial charge in [0.15, 0.2) is 0 Å². The van der Waals surface area contributed by atoms with Crippen molar-refractivity contribution < 1.29 is 18.1 Å². The minimum absolute atomic E-state index is 0.0343. The van der Waals surface area contributed by atoms with Crippen molar-refractivity contribution in [1.82, 2.24) is 4.72 Å². The maximum Gasteiger partial charge on any atom is 0.271 e. The second kappa shape index (κ2) is 7.24. The fourth-order valence-electron chi connectivity index (χ4n) is 2.44. The Morgan fingerprint density at radius 1 is 1.43 bits per heavy atom. The highest BCUT2D eigenvalue weighted by Gasteiger charge is 2.32. The third-order valence-corrected chi connectivity index (χ3v) is 5.00. The molecule has 0 radical (unpaired) electrons. The number of nitrogens with zero attached hydrogens (tertiary/aromatic N) is 1. The van der Waals surface area contributed by atoms with Crippen LogP contribution in [0.1, 0.15) is 27.2 Å². The molecule has 0 aliphatic heterocycles. The van der Waals surface area contributed by atoms with Crippen LogP contribution in [0, 0.1) is 16.0 Å². The predicted molar refractivity (Wildman–Crippen MR) is 86.9 cm³/mol. The summed E-state index contributed by atoms with van der Waals surface area (Å²) in [5.74, 6) is 0.255. The molecule has 0 heterocycles. The molecule has 0 saturated heterocycles. The Balaban J connectivity index is 3.31. The van der Waals surface area contributed by atoms with Crippen molar-refractivity contribution in [3.05, 3.63) is 28.3 Å². The van der Waals surface area contributed by atoms with Crippen molar-refractivity contribution in [1.29, 1.82) is 0 Å². The van der Waals surface area contributed by atoms with Crippen LogP contribution < -0.4 is 15.2 Å². The Morgan fingerprint density at radius 2 is 2.04 bits per heavy atom. The summed E-state index contributed by atoms with van der Waals surface area (Å²) in [5.41, 5.74) is 4.54. The molecule has 0 fully saturated rings. The number of nitro benzene ring substituents is 1. The smallest absolute Gasteiger partial charge is 0.271 e. The van der Waals surface area contributed by atoms with E-state index in [1.165, 1.54) is 19.2 Å². The van der Waals surface area contributed by atoms with Crippen molar-refractivity contribution in [2.45, 2.75) is 37.6 Å². The standard InChI is InChI=1S/C14H23N3O5S/c1-10(2)8-14(3,9-15)16-23(20,21)13-7-11(17(18)19)5-6-12(13)22-4/h5-7,10,16H,8-9,15H2,1-4H3. The number of nitrogens with two attached hydrogens (primary N) is 1. The largest absolute Gasteiger partial charge is 0.495 e. The molecule has 3 N–H and O–H groups in total. The molecule has 1 atom stereocenters. The Labute approximate surface area is 136 Å². The Bertz CT molecular complexity index is 675. The van der Waals surface area contributed by atoms with Gasteiger partial charge in [0, 0.05) is 24.2 Å². The first-order valence-electron chi connectivity index (χ1n) is 7.11. The number of sulfonamides is 1. The third-order valence-electron chi connectivity index (χ3n) is 3.34. The zero-order chi connectivity index (χ0) is 17.8. The van der Waals surface area contributed by atoms with Crippen LogP contribution >= 0.6 is 0 Å². The molecule has 0 amide bonds. The first-order chi connectivity index (χ1) is 10.5. The van der Waals surface area contributed by atoms with E-state index in [1.807, 2.05) is 13.8 Å². The minimum atomic E-state index is -4.03. The zero-order valence-corrected chi connectivity index (χ0v) is 14.5. The molecule has 8 nitrogen and oxygen atoms in total. The van der Waals surface area contributed by atoms with Crippen LogP contribution in [0.5, 0.6) is 5.75 Å². The van der Waals surface area contributed by atoms with Crippen molar-refractivity contribution in [3.63, 3.8) is 0 Å². The topological polar surface area (TPSA) is 125 Å². The zero-order valence-electron chi connectivity index (χ0n) is 13.7. The van der Waals surface area contributed by atoms with Gasteiger partial charge in [-0.1, -0.05) is 13.8 Å². The Morgan fingerprint density at radius 3 is 2.48 bits per heavy atom. The van der Waals surface area contributed by atoms with Gasteiger partial charge in [0.1, 0.15) is 10.6 Å². The van der Waals surface area contributed by atoms with E-state index >= 15 is 0 Å². The van der Waals surface area contributed by atoms with Crippen molar-refractivity contribution in [2.24, 2.45) is 11.7 Å². The van der Waals surface area contributed by atoms with E-state index < -0.39 is 20.5 Å². The minimum Gasteiger partial charge on any atom is -0.495 e. The molecule has 130 valence electrons. The summed E-state index contributed by atoms with van der Waals surface area (Å²) in [6, 6.07) is 3.43. The van der Waals surface area contributed by atoms with E-state index in [0.29, 0.717) is 6.42 Å². The van der Waals surface area contributed by atoms with Crippen LogP contribution in [0.15, 0.2) is 23.1 Å². The highest BCUT2D eigenvalue weighted by Crippen LogP contribution is 2.29. The van der Waals surface area contributed by atoms with Crippen LogP contribution in [0.25, 0.3) is 0 Å². The average molecular weight is 345 g/mol. The molecule has 0 spiro atoms. The second-order valence-corrected chi connectivity index (χ2v) is 7.71. The number of benzene rings is 1. The van der Waals surface area contributed by atoms with Gasteiger partial charge in [-0.05, 0) is 25.3 Å². The molecule has 1 aromatic rings. The Kier molecular flexibility index (Phi) is 6.09. The van der Waals surface area contributed by atoms with Gasteiger partial charge in [-0.25, -0.2) is 13.1 Å². The summed E-state index contributed by atoms with van der Waals surface area (Å²) in [6.07, 6.45) is 0.528. The normalized spacial score (nSPS) is 14.5. The lowest BCUT2D eigenvalue weighted by atomic mass is 9.92. The van der Waals surface area contributed by atoms with Crippen LogP contribution in [0.3, 0.4) is 0 Å². The van der Waals surface area contributed by atoms with Gasteiger partial charge in [-0.3, -0.25) is 10.1 Å². The summed E-state index contributed by atoms with van der Waals surface area (Å²) in [5, 5.41) is 10.9. The summed E-state index contributed by atoms with van der Waals surface area (Å²) in [7, 11) is -2.73. The predicted octanol–water partition coefficient (Wildman–Crippen LogP) is 1.65. The fourth-order valence-corrected chi connectivity index (χ4v) is 4.05. The summed E-state index contributed by atoms with van der Waals surface area (Å²) in [6.45, 7) is 5.71. The molecule has 0 aromatic heterocycles. The number of methoxy groups -OCH3 is 1. The monoisotopic (exact) mass is 345 g/mol. The van der Waals surface area contributed by atoms with Crippen LogP contribution in [-0.4, -0.2) is 32.5 Å². The Hall–Kier alpha value is -1.71. The van der Waals surface area contributed by atoms with Gasteiger partial charge in [-0.15, -0.1) is 0 Å². The fraction of sp³-hybridized carbons (Fsp3) is 0.571. The summed E-state index contributed by atoms with van der Waals surface area (Å²) < 4.78 is 32.9. The molecule has 0 bridgehead atoms. The van der Waals surface area contributed by atoms with E-state index in [-0.39, 0.29) is 28.8 Å². The lowest BCUT2D eigenvalue weighted by Gasteiger charge is -2.31. The first-order valence-corrected chi connectivity index (χ1v) is 8.59. The van der Waals surface area contributed by atoms with Crippen LogP contribution in [0.2, 0.25) is 0 Å². The van der Waals surface area contributed by atoms with E-state index in [1.54, 1.807) is 6.92 Å². The van der Waals surface area contributed by atoms with Gasteiger partial charge in [0.25, 0.3) is 5.69 Å². The van der Waals surface area contributed by atoms with Crippen LogP contribution in [0.4, 0.5) is 5.69 Å². The lowest BCUT2D eigenvalue weighted by Crippen LogP contribution is -2.52. The molecule has 0 aliphatic carbocycles. The first kappa shape index (κ1) is 19.3. The van der Waals surface area contributed by atoms with Crippen LogP contribution in [-0.2, 0) is 10.0 Å². The van der Waals surface area contributed by atoms with Gasteiger partial charge < -0.3 is 10.5 Å². The number of rotatable bonds is 8. The summed E-state index contributed by atoms with van der Waals surface area (Å²) in [4.78, 5) is 9.96. The molecule has 1 aromatic carbocycles. The van der Waals surface area contributed by atoms with E-state index in [0.717, 1.165) is 6.07 Å². The average Bonchev–Trinajstić information content (AvgIpc) is 2.44. The second-order valence-electron chi connectivity index (χ2n) is 6.06. The molecule has 9 heteroatoms. The molecule has 1 rings (SSSR count). The maximum absolute atomic E-state index is 12.7. The van der Waals surface area contributed by atoms with E-state index in [2.05, 4.69) is 4.72 Å². The molecule has 0 saturated carbocycles. The lowest BCUT2D eigenvalue weighted by molar-refractivity contribution is -0.385. The number of hydrogen-bond donors (Lipinski definition) is 2. The van der Waals surface area contributed by atoms with E-state index in [9.17, 15) is 18.5 Å². The number of hydrogen-bond acceptors (Lipinski definition) is 6. The number of ether oxygens (including phenoxy) is 1. The number of non-ortho nitro benzene ring substituents is 1. The van der Waals surface area contributed by atoms with Gasteiger partial charge in [0.05, 0.1) is 12.0 Å². The van der Waals surface area contributed by atoms with Gasteiger partial charge >= 0.3 is 0 Å². The highest BCUT2D eigenvalue weighted by atomic mass is 32.2. The van der Waals surface area contributed by atoms with E-state index in [4.69, 9.17) is 10.5 Å².